The molecule has 0 unspecified atom stereocenters. The Hall–Kier alpha value is -1.40. The Labute approximate surface area is 102 Å². The summed E-state index contributed by atoms with van der Waals surface area (Å²) in [5, 5.41) is 8.68. The summed E-state index contributed by atoms with van der Waals surface area (Å²) in [5.74, 6) is 0.551. The van der Waals surface area contributed by atoms with Crippen molar-refractivity contribution in [3.63, 3.8) is 0 Å². The Morgan fingerprint density at radius 2 is 2.24 bits per heavy atom. The van der Waals surface area contributed by atoms with Crippen LogP contribution in [0.3, 0.4) is 0 Å². The number of rotatable bonds is 5. The van der Waals surface area contributed by atoms with E-state index in [1.807, 2.05) is 6.07 Å². The van der Waals surface area contributed by atoms with Gasteiger partial charge in [-0.3, -0.25) is 4.90 Å². The van der Waals surface area contributed by atoms with Crippen LogP contribution in [-0.2, 0) is 6.54 Å². The summed E-state index contributed by atoms with van der Waals surface area (Å²) in [5.41, 5.74) is 1.07. The fourth-order valence-electron chi connectivity index (χ4n) is 1.96. The molecular weight excluding hydrogens is 215 g/mol. The molecule has 1 saturated carbocycles. The van der Waals surface area contributed by atoms with Crippen molar-refractivity contribution in [2.75, 3.05) is 13.1 Å². The summed E-state index contributed by atoms with van der Waals surface area (Å²) in [6, 6.07) is 6.68. The van der Waals surface area contributed by atoms with E-state index in [0.717, 1.165) is 19.0 Å². The van der Waals surface area contributed by atoms with Crippen LogP contribution in [0.2, 0.25) is 0 Å². The van der Waals surface area contributed by atoms with E-state index >= 15 is 0 Å². The smallest absolute Gasteiger partial charge is 0.129 e. The van der Waals surface area contributed by atoms with Gasteiger partial charge in [-0.2, -0.15) is 5.26 Å². The van der Waals surface area contributed by atoms with Crippen molar-refractivity contribution in [2.24, 2.45) is 5.92 Å². The number of nitriles is 1. The average molecular weight is 232 g/mol. The molecule has 2 nitrogen and oxygen atoms in total. The Balaban J connectivity index is 2.03. The first kappa shape index (κ1) is 12.1. The minimum Gasteiger partial charge on any atom is -0.299 e. The molecule has 0 aliphatic heterocycles. The Morgan fingerprint density at radius 3 is 2.76 bits per heavy atom. The van der Waals surface area contributed by atoms with Crippen LogP contribution in [0.1, 0.15) is 30.9 Å². The summed E-state index contributed by atoms with van der Waals surface area (Å²) >= 11 is 0. The van der Waals surface area contributed by atoms with Gasteiger partial charge < -0.3 is 0 Å². The van der Waals surface area contributed by atoms with Gasteiger partial charge >= 0.3 is 0 Å². The molecule has 1 aliphatic carbocycles. The Kier molecular flexibility index (Phi) is 3.75. The SMILES string of the molecule is CCN(Cc1ccc(C#N)cc1F)CC1CC1. The highest BCUT2D eigenvalue weighted by Gasteiger charge is 2.23. The largest absolute Gasteiger partial charge is 0.299 e. The van der Waals surface area contributed by atoms with Crippen LogP contribution in [0.5, 0.6) is 0 Å². The molecule has 0 amide bonds. The normalized spacial score (nSPS) is 14.9. The molecule has 0 aromatic heterocycles. The fraction of sp³-hybridized carbons (Fsp3) is 0.500. The zero-order chi connectivity index (χ0) is 12.3. The zero-order valence-electron chi connectivity index (χ0n) is 10.1. The molecule has 0 heterocycles. The van der Waals surface area contributed by atoms with Crippen molar-refractivity contribution in [3.05, 3.63) is 35.1 Å². The van der Waals surface area contributed by atoms with Gasteiger partial charge in [0, 0.05) is 18.7 Å². The summed E-state index contributed by atoms with van der Waals surface area (Å²) in [6.07, 6.45) is 2.62. The van der Waals surface area contributed by atoms with Gasteiger partial charge in [-0.1, -0.05) is 13.0 Å². The van der Waals surface area contributed by atoms with E-state index < -0.39 is 0 Å². The second-order valence-electron chi connectivity index (χ2n) is 4.69. The molecule has 1 aromatic carbocycles. The third-order valence-corrected chi connectivity index (χ3v) is 3.24. The highest BCUT2D eigenvalue weighted by atomic mass is 19.1. The monoisotopic (exact) mass is 232 g/mol. The summed E-state index contributed by atoms with van der Waals surface area (Å²) in [4.78, 5) is 2.27. The quantitative estimate of drug-likeness (QED) is 0.780. The topological polar surface area (TPSA) is 27.0 Å². The number of halogens is 1. The number of hydrogen-bond acceptors (Lipinski definition) is 2. The van der Waals surface area contributed by atoms with E-state index in [4.69, 9.17) is 5.26 Å². The van der Waals surface area contributed by atoms with Crippen molar-refractivity contribution < 1.29 is 4.39 Å². The number of hydrogen-bond donors (Lipinski definition) is 0. The number of benzene rings is 1. The first-order valence-corrected chi connectivity index (χ1v) is 6.13. The van der Waals surface area contributed by atoms with E-state index in [2.05, 4.69) is 11.8 Å². The van der Waals surface area contributed by atoms with Gasteiger partial charge in [0.2, 0.25) is 0 Å². The third-order valence-electron chi connectivity index (χ3n) is 3.24. The van der Waals surface area contributed by atoms with Crippen molar-refractivity contribution in [2.45, 2.75) is 26.3 Å². The Bertz CT molecular complexity index is 432. The maximum atomic E-state index is 13.7. The van der Waals surface area contributed by atoms with Crippen molar-refractivity contribution in [3.8, 4) is 6.07 Å². The van der Waals surface area contributed by atoms with Crippen LogP contribution in [0, 0.1) is 23.1 Å². The van der Waals surface area contributed by atoms with Gasteiger partial charge in [-0.25, -0.2) is 4.39 Å². The average Bonchev–Trinajstić information content (AvgIpc) is 3.14. The minimum absolute atomic E-state index is 0.265. The van der Waals surface area contributed by atoms with Gasteiger partial charge in [0.15, 0.2) is 0 Å². The van der Waals surface area contributed by atoms with Crippen molar-refractivity contribution in [1.82, 2.24) is 4.90 Å². The number of nitrogens with zero attached hydrogens (tertiary/aromatic N) is 2. The molecule has 0 saturated heterocycles. The molecule has 1 aliphatic rings. The minimum atomic E-state index is -0.265. The van der Waals surface area contributed by atoms with Crippen molar-refractivity contribution in [1.29, 1.82) is 5.26 Å². The van der Waals surface area contributed by atoms with Gasteiger partial charge in [0.1, 0.15) is 5.82 Å². The van der Waals surface area contributed by atoms with Gasteiger partial charge in [-0.05, 0) is 37.4 Å². The lowest BCUT2D eigenvalue weighted by molar-refractivity contribution is 0.264. The molecule has 0 atom stereocenters. The molecule has 1 fully saturated rings. The van der Waals surface area contributed by atoms with Crippen LogP contribution in [0.4, 0.5) is 4.39 Å². The molecule has 1 aromatic rings. The van der Waals surface area contributed by atoms with Crippen LogP contribution in [-0.4, -0.2) is 18.0 Å². The lowest BCUT2D eigenvalue weighted by Crippen LogP contribution is -2.25. The summed E-state index contributed by atoms with van der Waals surface area (Å²) in [7, 11) is 0. The second-order valence-corrected chi connectivity index (χ2v) is 4.69. The highest BCUT2D eigenvalue weighted by molar-refractivity contribution is 5.32. The summed E-state index contributed by atoms with van der Waals surface area (Å²) in [6.45, 7) is 4.75. The van der Waals surface area contributed by atoms with Crippen LogP contribution >= 0.6 is 0 Å². The zero-order valence-corrected chi connectivity index (χ0v) is 10.1. The first-order valence-electron chi connectivity index (χ1n) is 6.13. The molecule has 0 bridgehead atoms. The van der Waals surface area contributed by atoms with E-state index in [9.17, 15) is 4.39 Å². The van der Waals surface area contributed by atoms with Crippen molar-refractivity contribution >= 4 is 0 Å². The Morgan fingerprint density at radius 1 is 1.47 bits per heavy atom. The lowest BCUT2D eigenvalue weighted by atomic mass is 10.1. The van der Waals surface area contributed by atoms with Crippen LogP contribution in [0.25, 0.3) is 0 Å². The van der Waals surface area contributed by atoms with E-state index in [-0.39, 0.29) is 5.82 Å². The third kappa shape index (κ3) is 3.28. The fourth-order valence-corrected chi connectivity index (χ4v) is 1.96. The molecule has 17 heavy (non-hydrogen) atoms. The first-order chi connectivity index (χ1) is 8.22. The maximum absolute atomic E-state index is 13.7. The maximum Gasteiger partial charge on any atom is 0.129 e. The predicted octanol–water partition coefficient (Wildman–Crippen LogP) is 2.93. The van der Waals surface area contributed by atoms with Crippen LogP contribution < -0.4 is 0 Å². The van der Waals surface area contributed by atoms with Gasteiger partial charge in [0.25, 0.3) is 0 Å². The molecular formula is C14H17FN2. The van der Waals surface area contributed by atoms with E-state index in [0.29, 0.717) is 17.7 Å². The second kappa shape index (κ2) is 5.29. The van der Waals surface area contributed by atoms with E-state index in [1.165, 1.54) is 18.9 Å². The standard InChI is InChI=1S/C14H17FN2/c1-2-17(9-11-3-4-11)10-13-6-5-12(8-16)7-14(13)15/h5-7,11H,2-4,9-10H2,1H3. The molecule has 0 spiro atoms. The highest BCUT2D eigenvalue weighted by Crippen LogP contribution is 2.30. The molecule has 0 N–H and O–H groups in total. The molecule has 2 rings (SSSR count). The summed E-state index contributed by atoms with van der Waals surface area (Å²) < 4.78 is 13.7. The van der Waals surface area contributed by atoms with Gasteiger partial charge in [-0.15, -0.1) is 0 Å². The molecule has 0 radical (unpaired) electrons. The molecule has 90 valence electrons. The van der Waals surface area contributed by atoms with E-state index in [1.54, 1.807) is 12.1 Å². The lowest BCUT2D eigenvalue weighted by Gasteiger charge is -2.20. The van der Waals surface area contributed by atoms with Crippen LogP contribution in [0.15, 0.2) is 18.2 Å². The predicted molar refractivity (Wildman–Crippen MR) is 64.8 cm³/mol. The molecule has 3 heteroatoms. The van der Waals surface area contributed by atoms with Gasteiger partial charge in [0.05, 0.1) is 11.6 Å².